The van der Waals surface area contributed by atoms with Crippen molar-refractivity contribution in [3.63, 3.8) is 0 Å². The molecular weight excluding hydrogens is 310 g/mol. The lowest BCUT2D eigenvalue weighted by atomic mass is 10.1. The van der Waals surface area contributed by atoms with E-state index < -0.39 is 0 Å². The van der Waals surface area contributed by atoms with Gasteiger partial charge < -0.3 is 19.9 Å². The number of hydrogen-bond donors (Lipinski definition) is 2. The number of aliphatic hydroxyl groups is 1. The van der Waals surface area contributed by atoms with Gasteiger partial charge in [0.05, 0.1) is 18.7 Å². The van der Waals surface area contributed by atoms with Crippen molar-refractivity contribution in [2.45, 2.75) is 32.4 Å². The van der Waals surface area contributed by atoms with E-state index in [1.165, 1.54) is 0 Å². The van der Waals surface area contributed by atoms with Crippen LogP contribution in [-0.4, -0.2) is 32.0 Å². The molecule has 0 saturated heterocycles. The average Bonchev–Trinajstić information content (AvgIpc) is 2.42. The largest absolute Gasteiger partial charge is 0.493 e. The second-order valence-corrected chi connectivity index (χ2v) is 5.17. The molecule has 0 heterocycles. The zero-order valence-electron chi connectivity index (χ0n) is 11.7. The summed E-state index contributed by atoms with van der Waals surface area (Å²) in [4.78, 5) is 0. The van der Waals surface area contributed by atoms with E-state index in [0.717, 1.165) is 29.4 Å². The normalized spacial score (nSPS) is 12.3. The molecule has 1 rings (SSSR count). The maximum Gasteiger partial charge on any atom is 0.174 e. The summed E-state index contributed by atoms with van der Waals surface area (Å²) in [6.45, 7) is 3.05. The minimum atomic E-state index is 0.209. The Morgan fingerprint density at radius 2 is 2.05 bits per heavy atom. The van der Waals surface area contributed by atoms with Crippen molar-refractivity contribution in [2.24, 2.45) is 0 Å². The third kappa shape index (κ3) is 4.67. The van der Waals surface area contributed by atoms with Gasteiger partial charge in [0.2, 0.25) is 0 Å². The van der Waals surface area contributed by atoms with Crippen molar-refractivity contribution < 1.29 is 14.6 Å². The Bertz CT molecular complexity index is 399. The van der Waals surface area contributed by atoms with Crippen molar-refractivity contribution in [3.05, 3.63) is 22.2 Å². The second kappa shape index (κ2) is 8.40. The van der Waals surface area contributed by atoms with Gasteiger partial charge in [0.1, 0.15) is 0 Å². The molecule has 5 heteroatoms. The predicted octanol–water partition coefficient (Wildman–Crippen LogP) is 2.72. The molecule has 1 aromatic rings. The van der Waals surface area contributed by atoms with Crippen LogP contribution in [0.15, 0.2) is 16.6 Å². The Balaban J connectivity index is 2.76. The van der Waals surface area contributed by atoms with E-state index in [1.54, 1.807) is 14.2 Å². The fourth-order valence-corrected chi connectivity index (χ4v) is 2.59. The van der Waals surface area contributed by atoms with E-state index in [0.29, 0.717) is 17.5 Å². The lowest BCUT2D eigenvalue weighted by Crippen LogP contribution is -2.28. The number of aliphatic hydroxyl groups excluding tert-OH is 1. The highest BCUT2D eigenvalue weighted by molar-refractivity contribution is 9.10. The van der Waals surface area contributed by atoms with Gasteiger partial charge in [-0.05, 0) is 46.5 Å². The van der Waals surface area contributed by atoms with E-state index in [2.05, 4.69) is 28.2 Å². The highest BCUT2D eigenvalue weighted by Gasteiger charge is 2.11. The molecule has 0 aliphatic carbocycles. The molecule has 19 heavy (non-hydrogen) atoms. The summed E-state index contributed by atoms with van der Waals surface area (Å²) in [5, 5.41) is 12.4. The van der Waals surface area contributed by atoms with Crippen LogP contribution in [0.5, 0.6) is 11.5 Å². The van der Waals surface area contributed by atoms with Gasteiger partial charge in [-0.1, -0.05) is 6.92 Å². The molecule has 0 spiro atoms. The average molecular weight is 332 g/mol. The van der Waals surface area contributed by atoms with Crippen molar-refractivity contribution in [1.82, 2.24) is 5.32 Å². The monoisotopic (exact) mass is 331 g/mol. The van der Waals surface area contributed by atoms with Gasteiger partial charge in [-0.2, -0.15) is 0 Å². The number of benzene rings is 1. The SMILES string of the molecule is CCC(CCO)NCc1cc(Br)c(OC)c(OC)c1. The van der Waals surface area contributed by atoms with Crippen LogP contribution < -0.4 is 14.8 Å². The fraction of sp³-hybridized carbons (Fsp3) is 0.571. The molecule has 0 aromatic heterocycles. The highest BCUT2D eigenvalue weighted by atomic mass is 79.9. The van der Waals surface area contributed by atoms with Crippen LogP contribution in [-0.2, 0) is 6.54 Å². The number of halogens is 1. The smallest absolute Gasteiger partial charge is 0.174 e. The van der Waals surface area contributed by atoms with Crippen LogP contribution in [0.25, 0.3) is 0 Å². The van der Waals surface area contributed by atoms with Crippen LogP contribution in [0.2, 0.25) is 0 Å². The minimum Gasteiger partial charge on any atom is -0.493 e. The molecule has 0 saturated carbocycles. The van der Waals surface area contributed by atoms with Gasteiger partial charge >= 0.3 is 0 Å². The minimum absolute atomic E-state index is 0.209. The Morgan fingerprint density at radius 3 is 2.58 bits per heavy atom. The van der Waals surface area contributed by atoms with Crippen molar-refractivity contribution in [3.8, 4) is 11.5 Å². The summed E-state index contributed by atoms with van der Waals surface area (Å²) in [5.74, 6) is 1.41. The predicted molar refractivity (Wildman–Crippen MR) is 79.9 cm³/mol. The lowest BCUT2D eigenvalue weighted by Gasteiger charge is -2.17. The zero-order valence-corrected chi connectivity index (χ0v) is 13.3. The Hall–Kier alpha value is -0.780. The third-order valence-electron chi connectivity index (χ3n) is 3.06. The molecule has 0 radical (unpaired) electrons. The molecule has 0 amide bonds. The maximum atomic E-state index is 8.98. The van der Waals surface area contributed by atoms with E-state index >= 15 is 0 Å². The van der Waals surface area contributed by atoms with E-state index in [-0.39, 0.29) is 6.61 Å². The standard InChI is InChI=1S/C14H22BrNO3/c1-4-11(5-6-17)16-9-10-7-12(15)14(19-3)13(8-10)18-2/h7-8,11,16-17H,4-6,9H2,1-3H3. The molecular formula is C14H22BrNO3. The first kappa shape index (κ1) is 16.3. The van der Waals surface area contributed by atoms with E-state index in [9.17, 15) is 0 Å². The van der Waals surface area contributed by atoms with Gasteiger partial charge in [0.15, 0.2) is 11.5 Å². The maximum absolute atomic E-state index is 8.98. The van der Waals surface area contributed by atoms with Crippen LogP contribution in [0.4, 0.5) is 0 Å². The first-order chi connectivity index (χ1) is 9.15. The molecule has 1 aromatic carbocycles. The molecule has 4 nitrogen and oxygen atoms in total. The zero-order chi connectivity index (χ0) is 14.3. The quantitative estimate of drug-likeness (QED) is 0.769. The van der Waals surface area contributed by atoms with Gasteiger partial charge in [-0.3, -0.25) is 0 Å². The molecule has 0 fully saturated rings. The van der Waals surface area contributed by atoms with Crippen molar-refractivity contribution in [1.29, 1.82) is 0 Å². The van der Waals surface area contributed by atoms with Crippen LogP contribution >= 0.6 is 15.9 Å². The number of rotatable bonds is 8. The molecule has 0 aliphatic rings. The van der Waals surface area contributed by atoms with Crippen molar-refractivity contribution in [2.75, 3.05) is 20.8 Å². The molecule has 1 unspecified atom stereocenters. The lowest BCUT2D eigenvalue weighted by molar-refractivity contribution is 0.262. The molecule has 1 atom stereocenters. The first-order valence-electron chi connectivity index (χ1n) is 6.40. The summed E-state index contributed by atoms with van der Waals surface area (Å²) in [7, 11) is 3.25. The molecule has 0 bridgehead atoms. The van der Waals surface area contributed by atoms with Crippen LogP contribution in [0, 0.1) is 0 Å². The summed E-state index contributed by atoms with van der Waals surface area (Å²) >= 11 is 3.48. The van der Waals surface area contributed by atoms with Gasteiger partial charge in [-0.15, -0.1) is 0 Å². The number of methoxy groups -OCH3 is 2. The number of hydrogen-bond acceptors (Lipinski definition) is 4. The topological polar surface area (TPSA) is 50.7 Å². The van der Waals surface area contributed by atoms with Gasteiger partial charge in [0.25, 0.3) is 0 Å². The van der Waals surface area contributed by atoms with Gasteiger partial charge in [0, 0.05) is 19.2 Å². The van der Waals surface area contributed by atoms with Crippen LogP contribution in [0.1, 0.15) is 25.3 Å². The van der Waals surface area contributed by atoms with Crippen molar-refractivity contribution >= 4 is 15.9 Å². The fourth-order valence-electron chi connectivity index (χ4n) is 1.94. The molecule has 108 valence electrons. The first-order valence-corrected chi connectivity index (χ1v) is 7.20. The molecule has 0 aliphatic heterocycles. The number of ether oxygens (including phenoxy) is 2. The van der Waals surface area contributed by atoms with Crippen LogP contribution in [0.3, 0.4) is 0 Å². The highest BCUT2D eigenvalue weighted by Crippen LogP contribution is 2.36. The molecule has 2 N–H and O–H groups in total. The number of nitrogens with one attached hydrogen (secondary N) is 1. The summed E-state index contributed by atoms with van der Waals surface area (Å²) < 4.78 is 11.5. The second-order valence-electron chi connectivity index (χ2n) is 4.31. The summed E-state index contributed by atoms with van der Waals surface area (Å²) in [5.41, 5.74) is 1.11. The Morgan fingerprint density at radius 1 is 1.32 bits per heavy atom. The Labute approximate surface area is 123 Å². The Kier molecular flexibility index (Phi) is 7.20. The summed E-state index contributed by atoms with van der Waals surface area (Å²) in [6, 6.07) is 4.30. The third-order valence-corrected chi connectivity index (χ3v) is 3.65. The van der Waals surface area contributed by atoms with Gasteiger partial charge in [-0.25, -0.2) is 0 Å². The van der Waals surface area contributed by atoms with E-state index in [1.807, 2.05) is 12.1 Å². The van der Waals surface area contributed by atoms with E-state index in [4.69, 9.17) is 14.6 Å². The summed E-state index contributed by atoms with van der Waals surface area (Å²) in [6.07, 6.45) is 1.76.